The minimum absolute atomic E-state index is 0.105. The first-order valence-electron chi connectivity index (χ1n) is 7.67. The Hall–Kier alpha value is -3.28. The molecule has 0 unspecified atom stereocenters. The molecule has 25 heavy (non-hydrogen) atoms. The highest BCUT2D eigenvalue weighted by molar-refractivity contribution is 6.05. The van der Waals surface area contributed by atoms with Crippen LogP contribution >= 0.6 is 0 Å². The molecule has 0 amide bonds. The maximum Gasteiger partial charge on any atom is 0.355 e. The molecule has 128 valence electrons. The molecular weight excluding hydrogens is 320 g/mol. The summed E-state index contributed by atoms with van der Waals surface area (Å²) >= 11 is 0. The van der Waals surface area contributed by atoms with Crippen LogP contribution < -0.4 is 4.90 Å². The minimum atomic E-state index is -0.622. The van der Waals surface area contributed by atoms with E-state index in [1.807, 2.05) is 42.1 Å². The number of hydrogen-bond acceptors (Lipinski definition) is 5. The van der Waals surface area contributed by atoms with Crippen molar-refractivity contribution in [2.75, 3.05) is 19.1 Å². The molecule has 6 heteroatoms. The molecule has 0 atom stereocenters. The SMILES string of the molecule is COC(=O)C1=C(C(=O)OC)N(c2ccc3ccn(C)c3c2)C=CC=C1. The van der Waals surface area contributed by atoms with Crippen molar-refractivity contribution in [2.45, 2.75) is 0 Å². The number of methoxy groups -OCH3 is 2. The maximum atomic E-state index is 12.4. The number of nitrogens with zero attached hydrogens (tertiary/aromatic N) is 2. The van der Waals surface area contributed by atoms with Crippen molar-refractivity contribution < 1.29 is 19.1 Å². The number of carbonyl (C=O) groups excluding carboxylic acids is 2. The lowest BCUT2D eigenvalue weighted by molar-refractivity contribution is -0.139. The molecule has 2 heterocycles. The molecule has 0 fully saturated rings. The van der Waals surface area contributed by atoms with Crippen LogP contribution in [0.3, 0.4) is 0 Å². The van der Waals surface area contributed by atoms with E-state index >= 15 is 0 Å². The molecule has 0 spiro atoms. The second-order valence-electron chi connectivity index (χ2n) is 5.49. The number of aryl methyl sites for hydroxylation is 1. The number of hydrogen-bond donors (Lipinski definition) is 0. The van der Waals surface area contributed by atoms with Crippen LogP contribution in [0.15, 0.2) is 66.2 Å². The topological polar surface area (TPSA) is 60.8 Å². The molecule has 1 aliphatic rings. The summed E-state index contributed by atoms with van der Waals surface area (Å²) in [6.45, 7) is 0. The molecule has 0 bridgehead atoms. The predicted molar refractivity (Wildman–Crippen MR) is 94.7 cm³/mol. The van der Waals surface area contributed by atoms with Gasteiger partial charge in [-0.1, -0.05) is 12.1 Å². The third kappa shape index (κ3) is 2.94. The van der Waals surface area contributed by atoms with E-state index in [1.165, 1.54) is 20.3 Å². The predicted octanol–water partition coefficient (Wildman–Crippen LogP) is 2.67. The Morgan fingerprint density at radius 1 is 1.00 bits per heavy atom. The first-order chi connectivity index (χ1) is 12.1. The van der Waals surface area contributed by atoms with Crippen molar-refractivity contribution in [3.05, 3.63) is 66.2 Å². The lowest BCUT2D eigenvalue weighted by atomic mass is 10.1. The molecule has 3 rings (SSSR count). The highest BCUT2D eigenvalue weighted by Gasteiger charge is 2.27. The number of ether oxygens (including phenoxy) is 2. The van der Waals surface area contributed by atoms with Gasteiger partial charge in [-0.3, -0.25) is 0 Å². The van der Waals surface area contributed by atoms with Crippen LogP contribution in [0, 0.1) is 0 Å². The van der Waals surface area contributed by atoms with Crippen LogP contribution in [0.25, 0.3) is 10.9 Å². The van der Waals surface area contributed by atoms with Gasteiger partial charge in [0.2, 0.25) is 0 Å². The normalized spacial score (nSPS) is 14.0. The first kappa shape index (κ1) is 16.6. The fraction of sp³-hybridized carbons (Fsp3) is 0.158. The summed E-state index contributed by atoms with van der Waals surface area (Å²) in [4.78, 5) is 26.2. The summed E-state index contributed by atoms with van der Waals surface area (Å²) in [6, 6.07) is 7.80. The van der Waals surface area contributed by atoms with Gasteiger partial charge < -0.3 is 18.9 Å². The average molecular weight is 338 g/mol. The number of carbonyl (C=O) groups is 2. The molecule has 6 nitrogen and oxygen atoms in total. The van der Waals surface area contributed by atoms with Crippen molar-refractivity contribution in [2.24, 2.45) is 7.05 Å². The quantitative estimate of drug-likeness (QED) is 0.805. The fourth-order valence-corrected chi connectivity index (χ4v) is 2.77. The van der Waals surface area contributed by atoms with Crippen LogP contribution in [0.1, 0.15) is 0 Å². The highest BCUT2D eigenvalue weighted by atomic mass is 16.5. The molecule has 0 saturated carbocycles. The van der Waals surface area contributed by atoms with Gasteiger partial charge in [-0.2, -0.15) is 0 Å². The van der Waals surface area contributed by atoms with E-state index in [4.69, 9.17) is 9.47 Å². The van der Waals surface area contributed by atoms with E-state index in [9.17, 15) is 9.59 Å². The molecule has 0 aliphatic carbocycles. The molecule has 0 saturated heterocycles. The molecule has 1 aliphatic heterocycles. The van der Waals surface area contributed by atoms with E-state index in [1.54, 1.807) is 23.3 Å². The van der Waals surface area contributed by atoms with Gasteiger partial charge in [-0.05, 0) is 35.7 Å². The van der Waals surface area contributed by atoms with Crippen LogP contribution in [-0.4, -0.2) is 30.7 Å². The third-order valence-electron chi connectivity index (χ3n) is 4.04. The van der Waals surface area contributed by atoms with E-state index < -0.39 is 11.9 Å². The number of aromatic nitrogens is 1. The van der Waals surface area contributed by atoms with Gasteiger partial charge in [0.1, 0.15) is 5.70 Å². The Morgan fingerprint density at radius 2 is 1.76 bits per heavy atom. The Bertz CT molecular complexity index is 934. The number of anilines is 1. The van der Waals surface area contributed by atoms with E-state index in [-0.39, 0.29) is 11.3 Å². The summed E-state index contributed by atoms with van der Waals surface area (Å²) in [7, 11) is 4.50. The Labute approximate surface area is 145 Å². The molecule has 1 aromatic carbocycles. The van der Waals surface area contributed by atoms with Crippen molar-refractivity contribution in [1.82, 2.24) is 4.57 Å². The second kappa shape index (κ2) is 6.68. The van der Waals surface area contributed by atoms with Crippen molar-refractivity contribution in [3.63, 3.8) is 0 Å². The largest absolute Gasteiger partial charge is 0.465 e. The van der Waals surface area contributed by atoms with Gasteiger partial charge in [0, 0.05) is 30.6 Å². The number of allylic oxidation sites excluding steroid dienone is 2. The Kier molecular flexibility index (Phi) is 4.43. The molecular formula is C19H18N2O4. The first-order valence-corrected chi connectivity index (χ1v) is 7.67. The van der Waals surface area contributed by atoms with Crippen LogP contribution in [0.5, 0.6) is 0 Å². The zero-order valence-electron chi connectivity index (χ0n) is 14.2. The zero-order chi connectivity index (χ0) is 18.0. The number of fused-ring (bicyclic) bond motifs is 1. The summed E-state index contributed by atoms with van der Waals surface area (Å²) in [5.41, 5.74) is 1.97. The number of rotatable bonds is 3. The van der Waals surface area contributed by atoms with Gasteiger partial charge in [0.15, 0.2) is 0 Å². The van der Waals surface area contributed by atoms with Crippen LogP contribution in [-0.2, 0) is 26.1 Å². The highest BCUT2D eigenvalue weighted by Crippen LogP contribution is 2.29. The summed E-state index contributed by atoms with van der Waals surface area (Å²) in [6.07, 6.45) is 8.63. The smallest absolute Gasteiger partial charge is 0.355 e. The standard InChI is InChI=1S/C19H18N2O4/c1-20-11-9-13-7-8-14(12-16(13)20)21-10-5-4-6-15(18(22)24-2)17(21)19(23)25-3/h4-12H,1-3H3. The van der Waals surface area contributed by atoms with Crippen molar-refractivity contribution in [3.8, 4) is 0 Å². The van der Waals surface area contributed by atoms with Gasteiger partial charge in [0.05, 0.1) is 19.8 Å². The lowest BCUT2D eigenvalue weighted by Gasteiger charge is -2.23. The molecule has 0 N–H and O–H groups in total. The third-order valence-corrected chi connectivity index (χ3v) is 4.04. The molecule has 1 aromatic heterocycles. The van der Waals surface area contributed by atoms with Gasteiger partial charge in [-0.15, -0.1) is 0 Å². The van der Waals surface area contributed by atoms with Crippen molar-refractivity contribution in [1.29, 1.82) is 0 Å². The van der Waals surface area contributed by atoms with E-state index in [0.717, 1.165) is 16.6 Å². The number of benzene rings is 1. The summed E-state index contributed by atoms with van der Waals surface area (Å²) in [5.74, 6) is -1.23. The second-order valence-corrected chi connectivity index (χ2v) is 5.49. The monoisotopic (exact) mass is 338 g/mol. The number of esters is 2. The minimum Gasteiger partial charge on any atom is -0.465 e. The maximum absolute atomic E-state index is 12.4. The molecule has 2 aromatic rings. The Balaban J connectivity index is 2.20. The van der Waals surface area contributed by atoms with E-state index in [2.05, 4.69) is 0 Å². The lowest BCUT2D eigenvalue weighted by Crippen LogP contribution is -2.26. The molecule has 0 radical (unpaired) electrons. The zero-order valence-corrected chi connectivity index (χ0v) is 14.2. The fourth-order valence-electron chi connectivity index (χ4n) is 2.77. The summed E-state index contributed by atoms with van der Waals surface area (Å²) < 4.78 is 11.7. The van der Waals surface area contributed by atoms with Gasteiger partial charge in [-0.25, -0.2) is 9.59 Å². The van der Waals surface area contributed by atoms with E-state index in [0.29, 0.717) is 0 Å². The van der Waals surface area contributed by atoms with Gasteiger partial charge >= 0.3 is 11.9 Å². The van der Waals surface area contributed by atoms with Gasteiger partial charge in [0.25, 0.3) is 0 Å². The summed E-state index contributed by atoms with van der Waals surface area (Å²) in [5, 5.41) is 1.08. The van der Waals surface area contributed by atoms with Crippen molar-refractivity contribution >= 4 is 28.5 Å². The van der Waals surface area contributed by atoms with Crippen LogP contribution in [0.4, 0.5) is 5.69 Å². The van der Waals surface area contributed by atoms with Crippen LogP contribution in [0.2, 0.25) is 0 Å². The average Bonchev–Trinajstić information content (AvgIpc) is 2.87. The Morgan fingerprint density at radius 3 is 2.48 bits per heavy atom.